The molecule has 0 atom stereocenters. The maximum Gasteiger partial charge on any atom is 0.418 e. The van der Waals surface area contributed by atoms with Crippen LogP contribution in [-0.4, -0.2) is 13.0 Å². The highest BCUT2D eigenvalue weighted by Crippen LogP contribution is 2.38. The second-order valence-electron chi connectivity index (χ2n) is 4.93. The fourth-order valence-corrected chi connectivity index (χ4v) is 2.00. The number of rotatable bonds is 6. The van der Waals surface area contributed by atoms with Crippen LogP contribution in [0.3, 0.4) is 0 Å². The molecule has 0 aliphatic carbocycles. The summed E-state index contributed by atoms with van der Waals surface area (Å²) in [5, 5.41) is 2.66. The third kappa shape index (κ3) is 6.06. The zero-order valence-corrected chi connectivity index (χ0v) is 13.6. The van der Waals surface area contributed by atoms with Gasteiger partial charge in [0.2, 0.25) is 0 Å². The average Bonchev–Trinajstić information content (AvgIpc) is 2.53. The highest BCUT2D eigenvalue weighted by atomic mass is 35.5. The molecule has 25 heavy (non-hydrogen) atoms. The lowest BCUT2D eigenvalue weighted by Gasteiger charge is -2.16. The number of nitrogens with two attached hydrogens (primary N) is 1. The van der Waals surface area contributed by atoms with Crippen LogP contribution in [0.1, 0.15) is 11.1 Å². The van der Waals surface area contributed by atoms with Gasteiger partial charge in [0, 0.05) is 12.2 Å². The average molecular weight is 383 g/mol. The van der Waals surface area contributed by atoms with Crippen LogP contribution in [0.25, 0.3) is 0 Å². The van der Waals surface area contributed by atoms with E-state index in [0.717, 1.165) is 11.6 Å². The summed E-state index contributed by atoms with van der Waals surface area (Å²) in [4.78, 5) is 0. The Morgan fingerprint density at radius 1 is 1.04 bits per heavy atom. The minimum absolute atomic E-state index is 0. The summed E-state index contributed by atoms with van der Waals surface area (Å²) in [7, 11) is 0. The maximum absolute atomic E-state index is 13.2. The van der Waals surface area contributed by atoms with Crippen molar-refractivity contribution in [2.45, 2.75) is 19.1 Å². The summed E-state index contributed by atoms with van der Waals surface area (Å²) >= 11 is 0. The Hall–Kier alpha value is -2.06. The number of hydrogen-bond donors (Lipinski definition) is 2. The fraction of sp³-hybridized carbons (Fsp3) is 0.250. The number of ether oxygens (including phenoxy) is 1. The molecule has 0 heterocycles. The number of anilines is 2. The Morgan fingerprint density at radius 3 is 2.20 bits per heavy atom. The molecule has 2 aromatic rings. The Labute approximate surface area is 147 Å². The van der Waals surface area contributed by atoms with E-state index < -0.39 is 24.8 Å². The van der Waals surface area contributed by atoms with Crippen LogP contribution in [-0.2, 0) is 12.7 Å². The van der Waals surface area contributed by atoms with Crippen LogP contribution < -0.4 is 15.8 Å². The molecule has 3 nitrogen and oxygen atoms in total. The normalized spacial score (nSPS) is 11.2. The molecule has 9 heteroatoms. The first-order chi connectivity index (χ1) is 11.3. The predicted octanol–water partition coefficient (Wildman–Crippen LogP) is 4.97. The van der Waals surface area contributed by atoms with Gasteiger partial charge in [-0.2, -0.15) is 13.2 Å². The lowest BCUT2D eigenvalue weighted by Crippen LogP contribution is -2.11. The van der Waals surface area contributed by atoms with Crippen LogP contribution in [0.5, 0.6) is 5.75 Å². The third-order valence-corrected chi connectivity index (χ3v) is 3.14. The Morgan fingerprint density at radius 2 is 1.68 bits per heavy atom. The predicted molar refractivity (Wildman–Crippen MR) is 87.8 cm³/mol. The van der Waals surface area contributed by atoms with Crippen molar-refractivity contribution in [2.24, 2.45) is 5.73 Å². The van der Waals surface area contributed by atoms with Gasteiger partial charge in [0.05, 0.1) is 11.3 Å². The van der Waals surface area contributed by atoms with E-state index in [1.165, 1.54) is 6.07 Å². The summed E-state index contributed by atoms with van der Waals surface area (Å²) in [6.07, 6.45) is -7.43. The van der Waals surface area contributed by atoms with Crippen LogP contribution in [0.2, 0.25) is 0 Å². The van der Waals surface area contributed by atoms with Crippen molar-refractivity contribution in [1.82, 2.24) is 0 Å². The molecule has 2 aromatic carbocycles. The fourth-order valence-electron chi connectivity index (χ4n) is 2.00. The van der Waals surface area contributed by atoms with Crippen molar-refractivity contribution in [2.75, 3.05) is 11.9 Å². The molecule has 0 amide bonds. The second-order valence-corrected chi connectivity index (χ2v) is 4.93. The lowest BCUT2D eigenvalue weighted by atomic mass is 10.1. The molecule has 0 unspecified atom stereocenters. The molecule has 2 rings (SSSR count). The minimum Gasteiger partial charge on any atom is -0.488 e. The van der Waals surface area contributed by atoms with Gasteiger partial charge in [0.1, 0.15) is 12.4 Å². The zero-order valence-electron chi connectivity index (χ0n) is 12.8. The second kappa shape index (κ2) is 8.87. The Balaban J connectivity index is 0.00000312. The topological polar surface area (TPSA) is 47.3 Å². The zero-order chi connectivity index (χ0) is 17.7. The van der Waals surface area contributed by atoms with E-state index in [2.05, 4.69) is 10.1 Å². The molecule has 138 valence electrons. The number of halogens is 6. The molecular formula is C16H16ClF5N2O. The van der Waals surface area contributed by atoms with E-state index in [9.17, 15) is 22.0 Å². The number of benzene rings is 2. The summed E-state index contributed by atoms with van der Waals surface area (Å²) in [6.45, 7) is -0.644. The van der Waals surface area contributed by atoms with Gasteiger partial charge in [-0.1, -0.05) is 12.1 Å². The molecule has 0 spiro atoms. The van der Waals surface area contributed by atoms with Crippen molar-refractivity contribution >= 4 is 23.8 Å². The first-order valence-corrected chi connectivity index (χ1v) is 6.98. The van der Waals surface area contributed by atoms with E-state index >= 15 is 0 Å². The summed E-state index contributed by atoms with van der Waals surface area (Å²) < 4.78 is 68.4. The number of nitrogens with one attached hydrogen (secondary N) is 1. The van der Waals surface area contributed by atoms with E-state index in [4.69, 9.17) is 5.73 Å². The van der Waals surface area contributed by atoms with Gasteiger partial charge in [-0.05, 0) is 35.9 Å². The van der Waals surface area contributed by atoms with Crippen LogP contribution in [0.15, 0.2) is 42.5 Å². The molecule has 0 radical (unpaired) electrons. The first kappa shape index (κ1) is 21.0. The van der Waals surface area contributed by atoms with Crippen LogP contribution in [0.4, 0.5) is 33.3 Å². The molecule has 0 saturated carbocycles. The molecule has 0 fully saturated rings. The van der Waals surface area contributed by atoms with E-state index in [-0.39, 0.29) is 23.8 Å². The van der Waals surface area contributed by atoms with Crippen LogP contribution in [0, 0.1) is 0 Å². The van der Waals surface area contributed by atoms with Crippen molar-refractivity contribution in [3.8, 4) is 5.75 Å². The monoisotopic (exact) mass is 382 g/mol. The molecule has 0 aromatic heterocycles. The van der Waals surface area contributed by atoms with Gasteiger partial charge >= 0.3 is 6.18 Å². The van der Waals surface area contributed by atoms with Gasteiger partial charge in [-0.25, -0.2) is 8.78 Å². The van der Waals surface area contributed by atoms with Crippen molar-refractivity contribution in [3.63, 3.8) is 0 Å². The van der Waals surface area contributed by atoms with Crippen LogP contribution >= 0.6 is 12.4 Å². The molecular weight excluding hydrogens is 367 g/mol. The van der Waals surface area contributed by atoms with E-state index in [1.54, 1.807) is 24.3 Å². The van der Waals surface area contributed by atoms with Gasteiger partial charge in [0.25, 0.3) is 6.43 Å². The van der Waals surface area contributed by atoms with Crippen molar-refractivity contribution in [1.29, 1.82) is 0 Å². The quantitative estimate of drug-likeness (QED) is 0.693. The van der Waals surface area contributed by atoms with Gasteiger partial charge in [-0.3, -0.25) is 0 Å². The van der Waals surface area contributed by atoms with E-state index in [1.807, 2.05) is 0 Å². The van der Waals surface area contributed by atoms with Gasteiger partial charge in [-0.15, -0.1) is 12.4 Å². The Bertz CT molecular complexity index is 677. The summed E-state index contributed by atoms with van der Waals surface area (Å²) in [6, 6.07) is 9.62. The third-order valence-electron chi connectivity index (χ3n) is 3.14. The van der Waals surface area contributed by atoms with Gasteiger partial charge < -0.3 is 15.8 Å². The summed E-state index contributed by atoms with van der Waals surface area (Å²) in [5.74, 6) is -0.272. The molecule has 0 aliphatic rings. The standard InChI is InChI=1S/C16H15F5N2O.ClH/c17-15(18)9-24-12-5-6-14(13(7-12)16(19,20)21)23-11-3-1-10(8-22)2-4-11;/h1-7,15,23H,8-9,22H2;1H. The highest BCUT2D eigenvalue weighted by Gasteiger charge is 2.34. The van der Waals surface area contributed by atoms with E-state index in [0.29, 0.717) is 18.3 Å². The first-order valence-electron chi connectivity index (χ1n) is 6.98. The number of alkyl halides is 5. The smallest absolute Gasteiger partial charge is 0.418 e. The molecule has 0 bridgehead atoms. The van der Waals surface area contributed by atoms with Crippen molar-refractivity contribution < 1.29 is 26.7 Å². The Kier molecular flexibility index (Phi) is 7.44. The molecule has 0 aliphatic heterocycles. The highest BCUT2D eigenvalue weighted by molar-refractivity contribution is 5.85. The summed E-state index contributed by atoms with van der Waals surface area (Å²) in [5.41, 5.74) is 5.54. The SMILES string of the molecule is Cl.NCc1ccc(Nc2ccc(OCC(F)F)cc2C(F)(F)F)cc1. The van der Waals surface area contributed by atoms with Gasteiger partial charge in [0.15, 0.2) is 0 Å². The molecule has 3 N–H and O–H groups in total. The maximum atomic E-state index is 13.2. The minimum atomic E-state index is -4.66. The lowest BCUT2D eigenvalue weighted by molar-refractivity contribution is -0.137. The number of hydrogen-bond acceptors (Lipinski definition) is 3. The largest absolute Gasteiger partial charge is 0.488 e. The van der Waals surface area contributed by atoms with Crippen molar-refractivity contribution in [3.05, 3.63) is 53.6 Å². The molecule has 0 saturated heterocycles.